The zero-order valence-electron chi connectivity index (χ0n) is 9.57. The lowest BCUT2D eigenvalue weighted by atomic mass is 9.99. The number of hydrogen-bond donors (Lipinski definition) is 1. The van der Waals surface area contributed by atoms with Gasteiger partial charge in [0.25, 0.3) is 0 Å². The molecule has 0 aromatic rings. The van der Waals surface area contributed by atoms with Gasteiger partial charge in [0.05, 0.1) is 6.61 Å². The Kier molecular flexibility index (Phi) is 4.85. The van der Waals surface area contributed by atoms with Crippen LogP contribution in [0.1, 0.15) is 26.7 Å². The molecule has 1 N–H and O–H groups in total. The second-order valence-corrected chi connectivity index (χ2v) is 4.50. The molecule has 1 saturated heterocycles. The van der Waals surface area contributed by atoms with Crippen LogP contribution in [0.2, 0.25) is 0 Å². The first-order chi connectivity index (χ1) is 6.66. The summed E-state index contributed by atoms with van der Waals surface area (Å²) in [6, 6.07) is 0.876. The van der Waals surface area contributed by atoms with Crippen LogP contribution in [0.5, 0.6) is 0 Å². The first kappa shape index (κ1) is 12.0. The number of rotatable bonds is 4. The van der Waals surface area contributed by atoms with Gasteiger partial charge in [-0.1, -0.05) is 13.8 Å². The third-order valence-electron chi connectivity index (χ3n) is 3.25. The minimum Gasteiger partial charge on any atom is -0.395 e. The van der Waals surface area contributed by atoms with E-state index in [-0.39, 0.29) is 12.6 Å². The quantitative estimate of drug-likeness (QED) is 0.739. The third kappa shape index (κ3) is 2.94. The van der Waals surface area contributed by atoms with E-state index in [1.54, 1.807) is 0 Å². The first-order valence-corrected chi connectivity index (χ1v) is 5.57. The van der Waals surface area contributed by atoms with E-state index in [4.69, 9.17) is 4.74 Å². The monoisotopic (exact) mass is 201 g/mol. The van der Waals surface area contributed by atoms with E-state index in [1.807, 2.05) is 0 Å². The second kappa shape index (κ2) is 5.69. The smallest absolute Gasteiger partial charge is 0.0589 e. The summed E-state index contributed by atoms with van der Waals surface area (Å²) in [6.07, 6.45) is 2.19. The maximum absolute atomic E-state index is 9.32. The van der Waals surface area contributed by atoms with Gasteiger partial charge in [-0.3, -0.25) is 4.90 Å². The van der Waals surface area contributed by atoms with Crippen molar-refractivity contribution in [1.29, 1.82) is 0 Å². The molecule has 0 saturated carbocycles. The second-order valence-electron chi connectivity index (χ2n) is 4.50. The van der Waals surface area contributed by atoms with E-state index in [2.05, 4.69) is 25.8 Å². The number of nitrogens with zero attached hydrogens (tertiary/aromatic N) is 1. The highest BCUT2D eigenvalue weighted by Crippen LogP contribution is 2.18. The van der Waals surface area contributed by atoms with Crippen molar-refractivity contribution in [3.05, 3.63) is 0 Å². The zero-order chi connectivity index (χ0) is 10.6. The molecule has 0 spiro atoms. The maximum atomic E-state index is 9.32. The number of aliphatic hydroxyl groups is 1. The minimum atomic E-state index is 0.255. The molecule has 0 bridgehead atoms. The van der Waals surface area contributed by atoms with Crippen LogP contribution < -0.4 is 0 Å². The average molecular weight is 201 g/mol. The van der Waals surface area contributed by atoms with Gasteiger partial charge in [-0.05, 0) is 25.8 Å². The van der Waals surface area contributed by atoms with Crippen LogP contribution in [0, 0.1) is 5.92 Å². The van der Waals surface area contributed by atoms with E-state index >= 15 is 0 Å². The average Bonchev–Trinajstić information content (AvgIpc) is 2.19. The summed E-state index contributed by atoms with van der Waals surface area (Å²) in [4.78, 5) is 2.33. The zero-order valence-corrected chi connectivity index (χ0v) is 9.57. The predicted octanol–water partition coefficient (Wildman–Crippen LogP) is 1.11. The van der Waals surface area contributed by atoms with E-state index in [9.17, 15) is 5.11 Å². The SMILES string of the molecule is CC(C)C(CO)N(C)C1CCOCC1. The Balaban J connectivity index is 2.47. The Morgan fingerprint density at radius 3 is 2.36 bits per heavy atom. The van der Waals surface area contributed by atoms with Gasteiger partial charge in [-0.15, -0.1) is 0 Å². The van der Waals surface area contributed by atoms with E-state index in [0.29, 0.717) is 12.0 Å². The van der Waals surface area contributed by atoms with Gasteiger partial charge < -0.3 is 9.84 Å². The fourth-order valence-electron chi connectivity index (χ4n) is 2.17. The molecule has 1 rings (SSSR count). The molecule has 0 aliphatic carbocycles. The van der Waals surface area contributed by atoms with Crippen molar-refractivity contribution in [2.24, 2.45) is 5.92 Å². The molecule has 3 heteroatoms. The first-order valence-electron chi connectivity index (χ1n) is 5.57. The molecule has 0 amide bonds. The van der Waals surface area contributed by atoms with Crippen molar-refractivity contribution in [3.8, 4) is 0 Å². The number of ether oxygens (including phenoxy) is 1. The lowest BCUT2D eigenvalue weighted by Gasteiger charge is -2.38. The van der Waals surface area contributed by atoms with E-state index < -0.39 is 0 Å². The third-order valence-corrected chi connectivity index (χ3v) is 3.25. The Labute approximate surface area is 87.1 Å². The summed E-state index contributed by atoms with van der Waals surface area (Å²) in [5, 5.41) is 9.32. The summed E-state index contributed by atoms with van der Waals surface area (Å²) in [5.41, 5.74) is 0. The topological polar surface area (TPSA) is 32.7 Å². The van der Waals surface area contributed by atoms with E-state index in [0.717, 1.165) is 26.1 Å². The van der Waals surface area contributed by atoms with Crippen LogP contribution in [0.4, 0.5) is 0 Å². The van der Waals surface area contributed by atoms with Crippen LogP contribution >= 0.6 is 0 Å². The number of likely N-dealkylation sites (N-methyl/N-ethyl adjacent to an activating group) is 1. The van der Waals surface area contributed by atoms with Gasteiger partial charge >= 0.3 is 0 Å². The molecular formula is C11H23NO2. The summed E-state index contributed by atoms with van der Waals surface area (Å²) in [6.45, 7) is 6.31. The Bertz CT molecular complexity index is 155. The maximum Gasteiger partial charge on any atom is 0.0589 e. The van der Waals surface area contributed by atoms with Crippen molar-refractivity contribution in [3.63, 3.8) is 0 Å². The predicted molar refractivity (Wildman–Crippen MR) is 57.3 cm³/mol. The molecular weight excluding hydrogens is 178 g/mol. The molecule has 1 aliphatic rings. The summed E-state index contributed by atoms with van der Waals surface area (Å²) < 4.78 is 5.33. The molecule has 84 valence electrons. The van der Waals surface area contributed by atoms with Gasteiger partial charge in [0.15, 0.2) is 0 Å². The van der Waals surface area contributed by atoms with Gasteiger partial charge in [-0.2, -0.15) is 0 Å². The highest BCUT2D eigenvalue weighted by molar-refractivity contribution is 4.79. The van der Waals surface area contributed by atoms with Gasteiger partial charge in [-0.25, -0.2) is 0 Å². The van der Waals surface area contributed by atoms with Gasteiger partial charge in [0.1, 0.15) is 0 Å². The summed E-state index contributed by atoms with van der Waals surface area (Å²) in [7, 11) is 2.12. The molecule has 1 atom stereocenters. The van der Waals surface area contributed by atoms with Crippen LogP contribution in [0.3, 0.4) is 0 Å². The largest absolute Gasteiger partial charge is 0.395 e. The van der Waals surface area contributed by atoms with Crippen LogP contribution in [-0.4, -0.2) is 49.0 Å². The summed E-state index contributed by atoms with van der Waals surface area (Å²) >= 11 is 0. The Hall–Kier alpha value is -0.120. The molecule has 1 unspecified atom stereocenters. The van der Waals surface area contributed by atoms with Crippen LogP contribution in [0.25, 0.3) is 0 Å². The van der Waals surface area contributed by atoms with E-state index in [1.165, 1.54) is 0 Å². The van der Waals surface area contributed by atoms with Crippen molar-refractivity contribution < 1.29 is 9.84 Å². The Morgan fingerprint density at radius 1 is 1.36 bits per heavy atom. The lowest BCUT2D eigenvalue weighted by molar-refractivity contribution is 0.00633. The molecule has 0 aromatic heterocycles. The Morgan fingerprint density at radius 2 is 1.93 bits per heavy atom. The van der Waals surface area contributed by atoms with Crippen LogP contribution in [0.15, 0.2) is 0 Å². The molecule has 1 heterocycles. The van der Waals surface area contributed by atoms with Gasteiger partial charge in [0, 0.05) is 25.3 Å². The normalized spacial score (nSPS) is 21.9. The standard InChI is InChI=1S/C11H23NO2/c1-9(2)11(8-13)12(3)10-4-6-14-7-5-10/h9-11,13H,4-8H2,1-3H3. The lowest BCUT2D eigenvalue weighted by Crippen LogP contribution is -2.47. The number of hydrogen-bond acceptors (Lipinski definition) is 3. The van der Waals surface area contributed by atoms with Crippen molar-refractivity contribution in [2.75, 3.05) is 26.9 Å². The number of aliphatic hydroxyl groups excluding tert-OH is 1. The summed E-state index contributed by atoms with van der Waals surface area (Å²) in [5.74, 6) is 0.507. The molecule has 14 heavy (non-hydrogen) atoms. The molecule has 1 aliphatic heterocycles. The van der Waals surface area contributed by atoms with Crippen molar-refractivity contribution in [1.82, 2.24) is 4.90 Å². The fraction of sp³-hybridized carbons (Fsp3) is 1.00. The van der Waals surface area contributed by atoms with Crippen molar-refractivity contribution in [2.45, 2.75) is 38.8 Å². The highest BCUT2D eigenvalue weighted by atomic mass is 16.5. The molecule has 3 nitrogen and oxygen atoms in total. The molecule has 0 radical (unpaired) electrons. The van der Waals surface area contributed by atoms with Gasteiger partial charge in [0.2, 0.25) is 0 Å². The highest BCUT2D eigenvalue weighted by Gasteiger charge is 2.25. The van der Waals surface area contributed by atoms with Crippen LogP contribution in [-0.2, 0) is 4.74 Å². The van der Waals surface area contributed by atoms with Crippen molar-refractivity contribution >= 4 is 0 Å². The molecule has 1 fully saturated rings. The minimum absolute atomic E-state index is 0.255. The fourth-order valence-corrected chi connectivity index (χ4v) is 2.17. The molecule has 0 aromatic carbocycles.